The molecule has 0 aliphatic heterocycles. The third-order valence-corrected chi connectivity index (χ3v) is 6.40. The van der Waals surface area contributed by atoms with Crippen LogP contribution in [0.4, 0.5) is 4.39 Å². The van der Waals surface area contributed by atoms with E-state index in [1.54, 1.807) is 31.4 Å². The number of nitrogens with zero attached hydrogens (tertiary/aromatic N) is 5. The van der Waals surface area contributed by atoms with Gasteiger partial charge in [0.05, 0.1) is 7.11 Å². The smallest absolute Gasteiger partial charge is 0.247 e. The molecule has 10 nitrogen and oxygen atoms in total. The van der Waals surface area contributed by atoms with Crippen molar-refractivity contribution in [2.75, 3.05) is 20.3 Å². The number of hydrogen-bond acceptors (Lipinski definition) is 7. The predicted molar refractivity (Wildman–Crippen MR) is 133 cm³/mol. The largest absolute Gasteiger partial charge is 0.497 e. The number of carbonyl (C=O) groups is 2. The lowest BCUT2D eigenvalue weighted by molar-refractivity contribution is -0.142. The minimum absolute atomic E-state index is 0.0364. The Balaban J connectivity index is 1.57. The van der Waals surface area contributed by atoms with Gasteiger partial charge in [-0.05, 0) is 66.4 Å². The van der Waals surface area contributed by atoms with Crippen molar-refractivity contribution in [3.63, 3.8) is 0 Å². The first kappa shape index (κ1) is 26.2. The van der Waals surface area contributed by atoms with E-state index in [0.717, 1.165) is 25.7 Å². The Morgan fingerprint density at radius 2 is 1.86 bits per heavy atom. The van der Waals surface area contributed by atoms with Crippen LogP contribution in [0.1, 0.15) is 43.7 Å². The molecule has 4 rings (SSSR count). The number of halogens is 1. The number of benzene rings is 2. The third kappa shape index (κ3) is 6.67. The topological polar surface area (TPSA) is 122 Å². The summed E-state index contributed by atoms with van der Waals surface area (Å²) < 4.78 is 18.8. The summed E-state index contributed by atoms with van der Waals surface area (Å²) in [6.07, 6.45) is 4.09. The van der Waals surface area contributed by atoms with E-state index in [9.17, 15) is 19.1 Å². The van der Waals surface area contributed by atoms with E-state index in [0.29, 0.717) is 22.7 Å². The lowest BCUT2D eigenvalue weighted by Crippen LogP contribution is -2.47. The van der Waals surface area contributed by atoms with E-state index in [1.807, 2.05) is 0 Å². The quantitative estimate of drug-likeness (QED) is 0.406. The van der Waals surface area contributed by atoms with Crippen molar-refractivity contribution >= 4 is 11.8 Å². The first-order valence-electron chi connectivity index (χ1n) is 12.4. The Bertz CT molecular complexity index is 1180. The summed E-state index contributed by atoms with van der Waals surface area (Å²) in [7, 11) is 1.57. The van der Waals surface area contributed by atoms with E-state index in [-0.39, 0.29) is 38.1 Å². The van der Waals surface area contributed by atoms with E-state index in [2.05, 4.69) is 20.7 Å². The molecular weight excluding hydrogens is 479 g/mol. The molecule has 1 saturated carbocycles. The van der Waals surface area contributed by atoms with Crippen LogP contribution in [0.3, 0.4) is 0 Å². The van der Waals surface area contributed by atoms with Gasteiger partial charge in [0.1, 0.15) is 24.2 Å². The van der Waals surface area contributed by atoms with Gasteiger partial charge in [0, 0.05) is 24.8 Å². The average molecular weight is 511 g/mol. The molecule has 1 fully saturated rings. The van der Waals surface area contributed by atoms with Crippen molar-refractivity contribution in [3.05, 3.63) is 59.9 Å². The van der Waals surface area contributed by atoms with Crippen molar-refractivity contribution in [2.24, 2.45) is 0 Å². The van der Waals surface area contributed by atoms with Gasteiger partial charge in [-0.25, -0.2) is 4.39 Å². The van der Waals surface area contributed by atoms with Gasteiger partial charge in [-0.1, -0.05) is 25.0 Å². The van der Waals surface area contributed by atoms with Gasteiger partial charge in [-0.15, -0.1) is 10.2 Å². The molecule has 1 aromatic heterocycles. The summed E-state index contributed by atoms with van der Waals surface area (Å²) in [5, 5.41) is 24.9. The van der Waals surface area contributed by atoms with Crippen LogP contribution in [0.25, 0.3) is 11.4 Å². The van der Waals surface area contributed by atoms with Crippen LogP contribution in [0, 0.1) is 5.82 Å². The van der Waals surface area contributed by atoms with E-state index < -0.39 is 17.8 Å². The number of rotatable bonds is 11. The summed E-state index contributed by atoms with van der Waals surface area (Å²) in [4.78, 5) is 29.5. The number of methoxy groups -OCH3 is 1. The third-order valence-electron chi connectivity index (χ3n) is 6.40. The van der Waals surface area contributed by atoms with Gasteiger partial charge in [0.2, 0.25) is 17.6 Å². The molecule has 1 atom stereocenters. The molecule has 37 heavy (non-hydrogen) atoms. The second-order valence-electron chi connectivity index (χ2n) is 8.98. The van der Waals surface area contributed by atoms with E-state index >= 15 is 0 Å². The van der Waals surface area contributed by atoms with Gasteiger partial charge in [0.25, 0.3) is 0 Å². The van der Waals surface area contributed by atoms with Crippen molar-refractivity contribution in [3.8, 4) is 17.1 Å². The average Bonchev–Trinajstić information content (AvgIpc) is 3.59. The highest BCUT2D eigenvalue weighted by atomic mass is 19.1. The summed E-state index contributed by atoms with van der Waals surface area (Å²) in [6.45, 7) is -0.300. The van der Waals surface area contributed by atoms with Crippen LogP contribution in [-0.2, 0) is 16.1 Å². The predicted octanol–water partition coefficient (Wildman–Crippen LogP) is 2.50. The molecule has 0 spiro atoms. The molecule has 2 N–H and O–H groups in total. The first-order valence-corrected chi connectivity index (χ1v) is 12.4. The van der Waals surface area contributed by atoms with Gasteiger partial charge in [0.15, 0.2) is 0 Å². The van der Waals surface area contributed by atoms with Crippen molar-refractivity contribution in [1.29, 1.82) is 0 Å². The lowest BCUT2D eigenvalue weighted by atomic mass is 10.0. The molecule has 2 amide bonds. The summed E-state index contributed by atoms with van der Waals surface area (Å²) >= 11 is 0. The molecule has 0 saturated heterocycles. The minimum Gasteiger partial charge on any atom is -0.497 e. The molecule has 196 valence electrons. The van der Waals surface area contributed by atoms with E-state index in [1.165, 1.54) is 34.0 Å². The molecule has 11 heteroatoms. The maximum atomic E-state index is 13.7. The molecule has 1 heterocycles. The highest BCUT2D eigenvalue weighted by Gasteiger charge is 2.33. The van der Waals surface area contributed by atoms with Crippen molar-refractivity contribution in [1.82, 2.24) is 30.4 Å². The number of ether oxygens (including phenoxy) is 1. The highest BCUT2D eigenvalue weighted by Crippen LogP contribution is 2.25. The van der Waals surface area contributed by atoms with Crippen LogP contribution >= 0.6 is 0 Å². The zero-order chi connectivity index (χ0) is 26.2. The summed E-state index contributed by atoms with van der Waals surface area (Å²) in [6, 6.07) is 11.7. The molecule has 1 aliphatic rings. The fourth-order valence-corrected chi connectivity index (χ4v) is 4.48. The molecular formula is C26H31FN6O4. The Labute approximate surface area is 214 Å². The number of aliphatic hydroxyl groups is 1. The minimum atomic E-state index is -0.996. The monoisotopic (exact) mass is 510 g/mol. The summed E-state index contributed by atoms with van der Waals surface area (Å²) in [5.41, 5.74) is 1.19. The molecule has 1 aliphatic carbocycles. The second-order valence-corrected chi connectivity index (χ2v) is 8.98. The SMILES string of the molecule is COc1ccc(-c2nnn(CC(=O)N(CCCO)[C@@H](C(=O)NC3CCCC3)c3ccc(F)cc3)n2)cc1. The zero-order valence-corrected chi connectivity index (χ0v) is 20.7. The van der Waals surface area contributed by atoms with Crippen LogP contribution in [0.15, 0.2) is 48.5 Å². The normalized spacial score (nSPS) is 14.4. The van der Waals surface area contributed by atoms with Crippen molar-refractivity contribution < 1.29 is 23.8 Å². The molecule has 2 aromatic carbocycles. The number of hydrogen-bond donors (Lipinski definition) is 2. The lowest BCUT2D eigenvalue weighted by Gasteiger charge is -2.32. The first-order chi connectivity index (χ1) is 18.0. The Morgan fingerprint density at radius 1 is 1.16 bits per heavy atom. The van der Waals surface area contributed by atoms with Gasteiger partial charge >= 0.3 is 0 Å². The number of nitrogens with one attached hydrogen (secondary N) is 1. The fourth-order valence-electron chi connectivity index (χ4n) is 4.48. The molecule has 3 aromatic rings. The number of aliphatic hydroxyl groups excluding tert-OH is 1. The fraction of sp³-hybridized carbons (Fsp3) is 0.423. The van der Waals surface area contributed by atoms with Crippen LogP contribution in [0.5, 0.6) is 5.75 Å². The summed E-state index contributed by atoms with van der Waals surface area (Å²) in [5.74, 6) is -0.178. The number of carbonyl (C=O) groups excluding carboxylic acids is 2. The standard InChI is InChI=1S/C26H31FN6O4/c1-37-22-13-9-19(10-14-22)25-29-31-33(30-25)17-23(35)32(15-4-16-34)24(18-7-11-20(27)12-8-18)26(36)28-21-5-2-3-6-21/h7-14,21,24,34H,2-6,15-17H2,1H3,(H,28,36)/t24-/m1/s1. The highest BCUT2D eigenvalue weighted by molar-refractivity contribution is 5.89. The zero-order valence-electron chi connectivity index (χ0n) is 20.7. The number of amides is 2. The number of tetrazole rings is 1. The molecule has 0 radical (unpaired) electrons. The Morgan fingerprint density at radius 3 is 2.51 bits per heavy atom. The van der Waals surface area contributed by atoms with Crippen LogP contribution in [0.2, 0.25) is 0 Å². The van der Waals surface area contributed by atoms with Gasteiger partial charge in [-0.3, -0.25) is 9.59 Å². The van der Waals surface area contributed by atoms with Crippen LogP contribution < -0.4 is 10.1 Å². The number of aromatic nitrogens is 4. The second kappa shape index (κ2) is 12.4. The van der Waals surface area contributed by atoms with Gasteiger partial charge in [-0.2, -0.15) is 4.80 Å². The maximum Gasteiger partial charge on any atom is 0.247 e. The van der Waals surface area contributed by atoms with E-state index in [4.69, 9.17) is 4.74 Å². The van der Waals surface area contributed by atoms with Crippen LogP contribution in [-0.4, -0.2) is 68.3 Å². The molecule has 0 unspecified atom stereocenters. The molecule has 0 bridgehead atoms. The Hall–Kier alpha value is -3.86. The Kier molecular flexibility index (Phi) is 8.78. The van der Waals surface area contributed by atoms with Crippen molar-refractivity contribution in [2.45, 2.75) is 50.7 Å². The van der Waals surface area contributed by atoms with Gasteiger partial charge < -0.3 is 20.1 Å². The maximum absolute atomic E-state index is 13.7.